The van der Waals surface area contributed by atoms with Gasteiger partial charge in [-0.2, -0.15) is 0 Å². The number of piperidine rings is 1. The Morgan fingerprint density at radius 3 is 2.52 bits per heavy atom. The van der Waals surface area contributed by atoms with Crippen LogP contribution in [0.3, 0.4) is 0 Å². The number of likely N-dealkylation sites (tertiary alicyclic amines) is 2. The second kappa shape index (κ2) is 15.2. The summed E-state index contributed by atoms with van der Waals surface area (Å²) in [6, 6.07) is 0.938. The van der Waals surface area contributed by atoms with Crippen LogP contribution < -0.4 is 10.6 Å². The molecule has 0 aromatic carbocycles. The molecule has 2 rings (SSSR count). The molecule has 0 aromatic heterocycles. The predicted molar refractivity (Wildman–Crippen MR) is 138 cm³/mol. The Morgan fingerprint density at radius 1 is 1.19 bits per heavy atom. The van der Waals surface area contributed by atoms with Crippen LogP contribution >= 0.6 is 24.0 Å². The van der Waals surface area contributed by atoms with Crippen molar-refractivity contribution in [3.05, 3.63) is 0 Å². The molecule has 1 atom stereocenters. The minimum atomic E-state index is 0. The number of nitrogens with zero attached hydrogens (tertiary/aromatic N) is 4. The predicted octanol–water partition coefficient (Wildman–Crippen LogP) is 1.60. The van der Waals surface area contributed by atoms with Crippen molar-refractivity contribution in [2.45, 2.75) is 64.6 Å². The molecule has 9 heteroatoms. The lowest BCUT2D eigenvalue weighted by molar-refractivity contribution is -0.127. The number of hydrogen-bond donors (Lipinski definition) is 2. The van der Waals surface area contributed by atoms with E-state index >= 15 is 0 Å². The van der Waals surface area contributed by atoms with E-state index in [0.29, 0.717) is 18.2 Å². The third-order valence-corrected chi connectivity index (χ3v) is 6.07. The van der Waals surface area contributed by atoms with Gasteiger partial charge in [0.05, 0.1) is 12.7 Å². The number of nitrogens with one attached hydrogen (secondary N) is 2. The van der Waals surface area contributed by atoms with Gasteiger partial charge < -0.3 is 25.2 Å². The number of carbonyl (C=O) groups is 1. The fourth-order valence-corrected chi connectivity index (χ4v) is 4.11. The first-order chi connectivity index (χ1) is 14.4. The number of carbonyl (C=O) groups excluding carboxylic acids is 1. The molecule has 2 fully saturated rings. The van der Waals surface area contributed by atoms with Crippen LogP contribution in [0.1, 0.15) is 46.5 Å². The number of guanidine groups is 1. The van der Waals surface area contributed by atoms with Gasteiger partial charge in [0.2, 0.25) is 5.91 Å². The highest BCUT2D eigenvalue weighted by atomic mass is 127. The average Bonchev–Trinajstić information content (AvgIpc) is 3.18. The zero-order valence-electron chi connectivity index (χ0n) is 20.2. The van der Waals surface area contributed by atoms with Crippen molar-refractivity contribution < 1.29 is 9.53 Å². The summed E-state index contributed by atoms with van der Waals surface area (Å²) in [7, 11) is 3.55. The molecule has 1 unspecified atom stereocenters. The third kappa shape index (κ3) is 10.7. The molecule has 0 aliphatic carbocycles. The number of hydrogen-bond acceptors (Lipinski definition) is 5. The molecule has 0 radical (unpaired) electrons. The first-order valence-electron chi connectivity index (χ1n) is 11.7. The molecule has 8 nitrogen and oxygen atoms in total. The number of aliphatic imine (C=N–C) groups is 1. The molecule has 2 aliphatic heterocycles. The number of amides is 1. The molecule has 0 saturated carbocycles. The summed E-state index contributed by atoms with van der Waals surface area (Å²) < 4.78 is 5.68. The Hall–Kier alpha value is -0.650. The van der Waals surface area contributed by atoms with Gasteiger partial charge in [0.1, 0.15) is 6.54 Å². The first-order valence-corrected chi connectivity index (χ1v) is 11.7. The highest BCUT2D eigenvalue weighted by molar-refractivity contribution is 14.0. The third-order valence-electron chi connectivity index (χ3n) is 6.07. The molecule has 2 saturated heterocycles. The lowest BCUT2D eigenvalue weighted by atomic mass is 10.1. The van der Waals surface area contributed by atoms with Gasteiger partial charge in [0.25, 0.3) is 0 Å². The van der Waals surface area contributed by atoms with Crippen LogP contribution in [0.5, 0.6) is 0 Å². The highest BCUT2D eigenvalue weighted by Gasteiger charge is 2.24. The maximum Gasteiger partial charge on any atom is 0.243 e. The Labute approximate surface area is 206 Å². The fourth-order valence-electron chi connectivity index (χ4n) is 4.11. The van der Waals surface area contributed by atoms with Crippen LogP contribution in [0.4, 0.5) is 0 Å². The SMILES string of the molecule is CCN1CCCC1CNC(=NCC(=O)N(C)C)NC1CCN(CCOC(C)C)CC1.I. The monoisotopic (exact) mass is 552 g/mol. The van der Waals surface area contributed by atoms with Crippen molar-refractivity contribution in [1.29, 1.82) is 0 Å². The molecule has 2 heterocycles. The number of halogens is 1. The summed E-state index contributed by atoms with van der Waals surface area (Å²) in [5, 5.41) is 7.11. The summed E-state index contributed by atoms with van der Waals surface area (Å²) >= 11 is 0. The second-order valence-electron chi connectivity index (χ2n) is 8.94. The topological polar surface area (TPSA) is 72.4 Å². The molecule has 2 N–H and O–H groups in total. The van der Waals surface area contributed by atoms with Crippen molar-refractivity contribution in [2.75, 3.05) is 66.5 Å². The summed E-state index contributed by atoms with van der Waals surface area (Å²) in [6.07, 6.45) is 4.94. The molecule has 2 aliphatic rings. The molecular formula is C22H45IN6O2. The van der Waals surface area contributed by atoms with Gasteiger partial charge in [0.15, 0.2) is 5.96 Å². The summed E-state index contributed by atoms with van der Waals surface area (Å²) in [5.74, 6) is 0.793. The Morgan fingerprint density at radius 2 is 1.90 bits per heavy atom. The van der Waals surface area contributed by atoms with Crippen molar-refractivity contribution in [3.8, 4) is 0 Å². The largest absolute Gasteiger partial charge is 0.377 e. The van der Waals surface area contributed by atoms with Crippen LogP contribution in [-0.4, -0.2) is 111 Å². The quantitative estimate of drug-likeness (QED) is 0.244. The van der Waals surface area contributed by atoms with E-state index in [4.69, 9.17) is 4.74 Å². The maximum absolute atomic E-state index is 12.0. The van der Waals surface area contributed by atoms with Gasteiger partial charge in [0, 0.05) is 52.4 Å². The zero-order valence-corrected chi connectivity index (χ0v) is 22.6. The Balaban J connectivity index is 0.00000480. The molecule has 0 spiro atoms. The van der Waals surface area contributed by atoms with E-state index in [1.54, 1.807) is 19.0 Å². The average molecular weight is 553 g/mol. The van der Waals surface area contributed by atoms with Gasteiger partial charge in [-0.1, -0.05) is 6.92 Å². The van der Waals surface area contributed by atoms with Gasteiger partial charge in [-0.15, -0.1) is 24.0 Å². The van der Waals surface area contributed by atoms with E-state index in [2.05, 4.69) is 46.2 Å². The number of ether oxygens (including phenoxy) is 1. The number of rotatable bonds is 10. The lowest BCUT2D eigenvalue weighted by Crippen LogP contribution is -2.51. The van der Waals surface area contributed by atoms with Crippen LogP contribution in [0, 0.1) is 0 Å². The van der Waals surface area contributed by atoms with Crippen molar-refractivity contribution >= 4 is 35.8 Å². The van der Waals surface area contributed by atoms with E-state index in [1.165, 1.54) is 19.4 Å². The van der Waals surface area contributed by atoms with Crippen molar-refractivity contribution in [1.82, 2.24) is 25.3 Å². The molecule has 31 heavy (non-hydrogen) atoms. The standard InChI is InChI=1S/C22H44N6O2.HI/c1-6-28-11-7-8-20(28)16-23-22(24-17-21(29)26(4)5)25-19-9-12-27(13-10-19)14-15-30-18(2)3;/h18-20H,6-17H2,1-5H3,(H2,23,24,25);1H. The van der Waals surface area contributed by atoms with Crippen LogP contribution in [0.25, 0.3) is 0 Å². The van der Waals surface area contributed by atoms with E-state index < -0.39 is 0 Å². The van der Waals surface area contributed by atoms with E-state index in [-0.39, 0.29) is 36.4 Å². The minimum Gasteiger partial charge on any atom is -0.377 e. The van der Waals surface area contributed by atoms with Gasteiger partial charge >= 0.3 is 0 Å². The van der Waals surface area contributed by atoms with Gasteiger partial charge in [-0.3, -0.25) is 9.69 Å². The van der Waals surface area contributed by atoms with Crippen molar-refractivity contribution in [2.24, 2.45) is 4.99 Å². The number of likely N-dealkylation sites (N-methyl/N-ethyl adjacent to an activating group) is 2. The molecule has 182 valence electrons. The van der Waals surface area contributed by atoms with Crippen molar-refractivity contribution in [3.63, 3.8) is 0 Å². The van der Waals surface area contributed by atoms with Gasteiger partial charge in [-0.25, -0.2) is 4.99 Å². The van der Waals surface area contributed by atoms with E-state index in [9.17, 15) is 4.79 Å². The van der Waals surface area contributed by atoms with Crippen LogP contribution in [0.15, 0.2) is 4.99 Å². The molecule has 1 amide bonds. The summed E-state index contributed by atoms with van der Waals surface area (Å²) in [5.41, 5.74) is 0. The van der Waals surface area contributed by atoms with E-state index in [0.717, 1.165) is 58.1 Å². The summed E-state index contributed by atoms with van der Waals surface area (Å²) in [4.78, 5) is 23.2. The zero-order chi connectivity index (χ0) is 21.9. The second-order valence-corrected chi connectivity index (χ2v) is 8.94. The normalized spacial score (nSPS) is 21.2. The molecule has 0 aromatic rings. The van der Waals surface area contributed by atoms with Crippen LogP contribution in [-0.2, 0) is 9.53 Å². The molecular weight excluding hydrogens is 507 g/mol. The smallest absolute Gasteiger partial charge is 0.243 e. The minimum absolute atomic E-state index is 0. The first kappa shape index (κ1) is 28.4. The lowest BCUT2D eigenvalue weighted by Gasteiger charge is -2.33. The highest BCUT2D eigenvalue weighted by Crippen LogP contribution is 2.15. The maximum atomic E-state index is 12.0. The molecule has 0 bridgehead atoms. The fraction of sp³-hybridized carbons (Fsp3) is 0.909. The summed E-state index contributed by atoms with van der Waals surface area (Å²) in [6.45, 7) is 13.6. The van der Waals surface area contributed by atoms with Crippen LogP contribution in [0.2, 0.25) is 0 Å². The van der Waals surface area contributed by atoms with E-state index in [1.807, 2.05) is 0 Å². The Kier molecular flexibility index (Phi) is 13.9. The Bertz CT molecular complexity index is 538. The van der Waals surface area contributed by atoms with Gasteiger partial charge in [-0.05, 0) is 52.6 Å².